The van der Waals surface area contributed by atoms with E-state index >= 15 is 0 Å². The molecule has 0 aliphatic rings. The van der Waals surface area contributed by atoms with Crippen LogP contribution >= 0.6 is 0 Å². The summed E-state index contributed by atoms with van der Waals surface area (Å²) in [5.41, 5.74) is 0.879. The molecule has 108 valence electrons. The van der Waals surface area contributed by atoms with Crippen LogP contribution in [-0.2, 0) is 6.54 Å². The lowest BCUT2D eigenvalue weighted by molar-refractivity contribution is 0.0696. The van der Waals surface area contributed by atoms with Crippen LogP contribution in [0.1, 0.15) is 23.0 Å². The number of carbonyl (C=O) groups is 1. The third kappa shape index (κ3) is 3.18. The molecule has 0 aliphatic carbocycles. The number of hydrogen-bond acceptors (Lipinski definition) is 4. The monoisotopic (exact) mass is 276 g/mol. The van der Waals surface area contributed by atoms with Crippen LogP contribution in [0.2, 0.25) is 0 Å². The molecule has 0 fully saturated rings. The molecule has 0 spiro atoms. The van der Waals surface area contributed by atoms with E-state index in [9.17, 15) is 9.90 Å². The van der Waals surface area contributed by atoms with Gasteiger partial charge in [0.05, 0.1) is 6.54 Å². The maximum atomic E-state index is 11.4. The predicted molar refractivity (Wildman–Crippen MR) is 78.1 cm³/mol. The van der Waals surface area contributed by atoms with Gasteiger partial charge in [-0.3, -0.25) is 0 Å². The highest BCUT2D eigenvalue weighted by Gasteiger charge is 2.19. The average molecular weight is 276 g/mol. The Morgan fingerprint density at radius 1 is 1.40 bits per heavy atom. The second-order valence-corrected chi connectivity index (χ2v) is 4.77. The van der Waals surface area contributed by atoms with E-state index in [-0.39, 0.29) is 5.56 Å². The van der Waals surface area contributed by atoms with Gasteiger partial charge in [-0.1, -0.05) is 25.1 Å². The largest absolute Gasteiger partial charge is 0.478 e. The Kier molecular flexibility index (Phi) is 4.76. The van der Waals surface area contributed by atoms with Gasteiger partial charge >= 0.3 is 5.97 Å². The smallest absolute Gasteiger partial charge is 0.339 e. The summed E-state index contributed by atoms with van der Waals surface area (Å²) in [6, 6.07) is 7.22. The van der Waals surface area contributed by atoms with Gasteiger partial charge in [0.2, 0.25) is 0 Å². The zero-order valence-corrected chi connectivity index (χ0v) is 11.8. The van der Waals surface area contributed by atoms with E-state index in [1.807, 2.05) is 19.2 Å². The van der Waals surface area contributed by atoms with Crippen LogP contribution in [0.15, 0.2) is 28.7 Å². The molecule has 20 heavy (non-hydrogen) atoms. The summed E-state index contributed by atoms with van der Waals surface area (Å²) in [5, 5.41) is 13.2. The van der Waals surface area contributed by atoms with Crippen molar-refractivity contribution in [3.8, 4) is 0 Å². The molecule has 1 heterocycles. The third-order valence-corrected chi connectivity index (χ3v) is 3.38. The highest BCUT2D eigenvalue weighted by molar-refractivity contribution is 6.03. The standard InChI is InChI=1S/C15H20N2O3/c1-3-17(2)9-8-16-10-13-14(15(18)19)11-6-4-5-7-12(11)20-13/h4-7,16H,3,8-10H2,1-2H3,(H,18,19). The number of aromatic carboxylic acids is 1. The minimum Gasteiger partial charge on any atom is -0.478 e. The summed E-state index contributed by atoms with van der Waals surface area (Å²) in [7, 11) is 2.05. The first-order valence-corrected chi connectivity index (χ1v) is 6.76. The van der Waals surface area contributed by atoms with Gasteiger partial charge in [-0.25, -0.2) is 4.79 Å². The lowest BCUT2D eigenvalue weighted by atomic mass is 10.1. The molecule has 0 unspecified atom stereocenters. The Balaban J connectivity index is 2.09. The van der Waals surface area contributed by atoms with Crippen LogP contribution in [0.4, 0.5) is 0 Å². The van der Waals surface area contributed by atoms with E-state index in [0.717, 1.165) is 19.6 Å². The first-order valence-electron chi connectivity index (χ1n) is 6.76. The normalized spacial score (nSPS) is 11.3. The Hall–Kier alpha value is -1.85. The van der Waals surface area contributed by atoms with Crippen LogP contribution in [0.5, 0.6) is 0 Å². The molecule has 0 radical (unpaired) electrons. The maximum absolute atomic E-state index is 11.4. The number of benzene rings is 1. The summed E-state index contributed by atoms with van der Waals surface area (Å²) in [6.45, 7) is 5.22. The van der Waals surface area contributed by atoms with Crippen molar-refractivity contribution in [2.75, 3.05) is 26.7 Å². The molecule has 1 aromatic carbocycles. The van der Waals surface area contributed by atoms with E-state index in [1.165, 1.54) is 0 Å². The maximum Gasteiger partial charge on any atom is 0.339 e. The van der Waals surface area contributed by atoms with E-state index in [2.05, 4.69) is 17.1 Å². The summed E-state index contributed by atoms with van der Waals surface area (Å²) < 4.78 is 5.64. The molecule has 0 atom stereocenters. The number of likely N-dealkylation sites (N-methyl/N-ethyl adjacent to an activating group) is 1. The second kappa shape index (κ2) is 6.54. The molecule has 1 aromatic heterocycles. The number of carboxylic acid groups (broad SMARTS) is 1. The highest BCUT2D eigenvalue weighted by Crippen LogP contribution is 2.25. The fourth-order valence-corrected chi connectivity index (χ4v) is 2.09. The number of rotatable bonds is 7. The topological polar surface area (TPSA) is 65.7 Å². The number of para-hydroxylation sites is 1. The Morgan fingerprint density at radius 2 is 2.15 bits per heavy atom. The van der Waals surface area contributed by atoms with Crippen LogP contribution in [0, 0.1) is 0 Å². The minimum absolute atomic E-state index is 0.261. The van der Waals surface area contributed by atoms with Crippen molar-refractivity contribution in [3.63, 3.8) is 0 Å². The zero-order valence-electron chi connectivity index (χ0n) is 11.8. The molecule has 2 N–H and O–H groups in total. The Morgan fingerprint density at radius 3 is 2.85 bits per heavy atom. The van der Waals surface area contributed by atoms with Crippen molar-refractivity contribution in [2.45, 2.75) is 13.5 Å². The van der Waals surface area contributed by atoms with Crippen molar-refractivity contribution < 1.29 is 14.3 Å². The van der Waals surface area contributed by atoms with Crippen LogP contribution in [0.3, 0.4) is 0 Å². The van der Waals surface area contributed by atoms with Crippen molar-refractivity contribution in [2.24, 2.45) is 0 Å². The van der Waals surface area contributed by atoms with E-state index in [4.69, 9.17) is 4.42 Å². The van der Waals surface area contributed by atoms with Crippen molar-refractivity contribution >= 4 is 16.9 Å². The van der Waals surface area contributed by atoms with Crippen LogP contribution in [-0.4, -0.2) is 42.7 Å². The van der Waals surface area contributed by atoms with Crippen molar-refractivity contribution in [3.05, 3.63) is 35.6 Å². The van der Waals surface area contributed by atoms with Crippen molar-refractivity contribution in [1.29, 1.82) is 0 Å². The molecule has 2 aromatic rings. The molecular formula is C15H20N2O3. The molecule has 0 aliphatic heterocycles. The van der Waals surface area contributed by atoms with E-state index in [0.29, 0.717) is 23.3 Å². The number of furan rings is 1. The SMILES string of the molecule is CCN(C)CCNCc1oc2ccccc2c1C(=O)O. The van der Waals surface area contributed by atoms with Gasteiger partial charge in [0.1, 0.15) is 16.9 Å². The second-order valence-electron chi connectivity index (χ2n) is 4.77. The fourth-order valence-electron chi connectivity index (χ4n) is 2.09. The first-order chi connectivity index (χ1) is 9.63. The zero-order chi connectivity index (χ0) is 14.5. The fraction of sp³-hybridized carbons (Fsp3) is 0.400. The highest BCUT2D eigenvalue weighted by atomic mass is 16.4. The van der Waals surface area contributed by atoms with Gasteiger partial charge < -0.3 is 19.7 Å². The molecule has 0 saturated carbocycles. The summed E-state index contributed by atoms with van der Waals surface area (Å²) in [5.74, 6) is -0.463. The van der Waals surface area contributed by atoms with E-state index < -0.39 is 5.97 Å². The van der Waals surface area contributed by atoms with Crippen LogP contribution in [0.25, 0.3) is 11.0 Å². The first kappa shape index (κ1) is 14.6. The number of carboxylic acids is 1. The van der Waals surface area contributed by atoms with E-state index in [1.54, 1.807) is 12.1 Å². The predicted octanol–water partition coefficient (Wildman–Crippen LogP) is 2.17. The van der Waals surface area contributed by atoms with Crippen molar-refractivity contribution in [1.82, 2.24) is 10.2 Å². The molecule has 5 nitrogen and oxygen atoms in total. The lowest BCUT2D eigenvalue weighted by Gasteiger charge is -2.13. The summed E-state index contributed by atoms with van der Waals surface area (Å²) in [4.78, 5) is 13.6. The van der Waals surface area contributed by atoms with Gasteiger partial charge in [0, 0.05) is 18.5 Å². The Labute approximate surface area is 118 Å². The molecule has 0 amide bonds. The molecule has 2 rings (SSSR count). The van der Waals surface area contributed by atoms with Crippen LogP contribution < -0.4 is 5.32 Å². The minimum atomic E-state index is -0.947. The van der Waals surface area contributed by atoms with Gasteiger partial charge in [-0.05, 0) is 19.7 Å². The lowest BCUT2D eigenvalue weighted by Crippen LogP contribution is -2.29. The van der Waals surface area contributed by atoms with Gasteiger partial charge in [0.15, 0.2) is 0 Å². The Bertz CT molecular complexity index is 592. The average Bonchev–Trinajstić information content (AvgIpc) is 2.81. The van der Waals surface area contributed by atoms with Gasteiger partial charge in [0.25, 0.3) is 0 Å². The quantitative estimate of drug-likeness (QED) is 0.759. The van der Waals surface area contributed by atoms with Gasteiger partial charge in [-0.15, -0.1) is 0 Å². The number of nitrogens with zero attached hydrogens (tertiary/aromatic N) is 1. The molecule has 0 saturated heterocycles. The summed E-state index contributed by atoms with van der Waals surface area (Å²) in [6.07, 6.45) is 0. The number of nitrogens with one attached hydrogen (secondary N) is 1. The van der Waals surface area contributed by atoms with Gasteiger partial charge in [-0.2, -0.15) is 0 Å². The molecular weight excluding hydrogens is 256 g/mol. The number of hydrogen-bond donors (Lipinski definition) is 2. The summed E-state index contributed by atoms with van der Waals surface area (Å²) >= 11 is 0. The molecule has 0 bridgehead atoms. The molecule has 5 heteroatoms. The third-order valence-electron chi connectivity index (χ3n) is 3.38. The number of fused-ring (bicyclic) bond motifs is 1.